The summed E-state index contributed by atoms with van der Waals surface area (Å²) in [4.78, 5) is 30.5. The van der Waals surface area contributed by atoms with E-state index in [1.165, 1.54) is 35.4 Å². The molecule has 6 nitrogen and oxygen atoms in total. The average molecular weight is 388 g/mol. The normalized spacial score (nSPS) is 22.0. The van der Waals surface area contributed by atoms with Crippen molar-refractivity contribution in [3.63, 3.8) is 0 Å². The summed E-state index contributed by atoms with van der Waals surface area (Å²) < 4.78 is 28.1. The van der Waals surface area contributed by atoms with Crippen molar-refractivity contribution in [2.75, 3.05) is 17.6 Å². The molecule has 0 radical (unpaired) electrons. The van der Waals surface area contributed by atoms with Crippen LogP contribution in [0.1, 0.15) is 30.5 Å². The molecule has 1 aliphatic rings. The quantitative estimate of drug-likeness (QED) is 0.774. The molecule has 3 rings (SSSR count). The zero-order chi connectivity index (χ0) is 20.4. The van der Waals surface area contributed by atoms with Gasteiger partial charge in [-0.25, -0.2) is 13.8 Å². The van der Waals surface area contributed by atoms with E-state index in [1.807, 2.05) is 6.92 Å². The smallest absolute Gasteiger partial charge is 0.313 e. The number of aromatic nitrogens is 1. The second-order valence-electron chi connectivity index (χ2n) is 7.19. The van der Waals surface area contributed by atoms with Gasteiger partial charge in [-0.1, -0.05) is 19.1 Å². The van der Waals surface area contributed by atoms with E-state index in [4.69, 9.17) is 5.73 Å². The summed E-state index contributed by atoms with van der Waals surface area (Å²) >= 11 is 0. The number of nitrogens with two attached hydrogens (primary N) is 1. The SMILES string of the molecule is Cc1cc(NC(=O)C(=O)N2C[C@@H](C)C[C@@H](F)[C@H]2c2ccc(F)cc2)cnc1N. The molecule has 0 saturated carbocycles. The molecule has 148 valence electrons. The fraction of sp³-hybridized carbons (Fsp3) is 0.350. The van der Waals surface area contributed by atoms with Crippen molar-refractivity contribution in [3.8, 4) is 0 Å². The molecule has 2 amide bonds. The number of piperidine rings is 1. The Bertz CT molecular complexity index is 888. The molecule has 0 unspecified atom stereocenters. The molecule has 28 heavy (non-hydrogen) atoms. The predicted octanol–water partition coefficient (Wildman–Crippen LogP) is 3.00. The molecule has 1 aromatic carbocycles. The Balaban J connectivity index is 1.84. The summed E-state index contributed by atoms with van der Waals surface area (Å²) in [5.41, 5.74) is 7.09. The summed E-state index contributed by atoms with van der Waals surface area (Å²) in [5.74, 6) is -1.97. The highest BCUT2D eigenvalue weighted by Crippen LogP contribution is 2.36. The van der Waals surface area contributed by atoms with Gasteiger partial charge in [-0.15, -0.1) is 0 Å². The first-order valence-electron chi connectivity index (χ1n) is 9.00. The van der Waals surface area contributed by atoms with Crippen molar-refractivity contribution in [2.45, 2.75) is 32.5 Å². The minimum Gasteiger partial charge on any atom is -0.383 e. The molecule has 3 atom stereocenters. The predicted molar refractivity (Wildman–Crippen MR) is 102 cm³/mol. The van der Waals surface area contributed by atoms with E-state index >= 15 is 0 Å². The molecule has 2 aromatic rings. The molecule has 2 heterocycles. The molecule has 0 aliphatic carbocycles. The highest BCUT2D eigenvalue weighted by molar-refractivity contribution is 6.39. The van der Waals surface area contributed by atoms with E-state index in [2.05, 4.69) is 10.3 Å². The maximum atomic E-state index is 14.8. The van der Waals surface area contributed by atoms with Crippen LogP contribution in [0, 0.1) is 18.7 Å². The number of nitrogens with zero attached hydrogens (tertiary/aromatic N) is 2. The first-order valence-corrected chi connectivity index (χ1v) is 9.00. The molecule has 0 bridgehead atoms. The number of likely N-dealkylation sites (tertiary alicyclic amines) is 1. The van der Waals surface area contributed by atoms with Gasteiger partial charge < -0.3 is 16.0 Å². The number of hydrogen-bond donors (Lipinski definition) is 2. The molecule has 1 aromatic heterocycles. The standard InChI is InChI=1S/C20H22F2N4O2/c1-11-7-16(22)17(13-3-5-14(21)6-4-13)26(10-11)20(28)19(27)25-15-8-12(2)18(23)24-9-15/h3-6,8-9,11,16-17H,7,10H2,1-2H3,(H2,23,24)(H,25,27)/t11-,16+,17+/m0/s1. The number of benzene rings is 1. The van der Waals surface area contributed by atoms with Gasteiger partial charge in [0, 0.05) is 6.54 Å². The van der Waals surface area contributed by atoms with Crippen LogP contribution in [0.4, 0.5) is 20.3 Å². The first-order chi connectivity index (χ1) is 13.3. The van der Waals surface area contributed by atoms with Crippen LogP contribution in [-0.2, 0) is 9.59 Å². The molecular weight excluding hydrogens is 366 g/mol. The number of pyridine rings is 1. The summed E-state index contributed by atoms with van der Waals surface area (Å²) in [5, 5.41) is 2.49. The van der Waals surface area contributed by atoms with Crippen molar-refractivity contribution < 1.29 is 18.4 Å². The van der Waals surface area contributed by atoms with Crippen LogP contribution in [0.15, 0.2) is 36.5 Å². The molecule has 0 spiro atoms. The van der Waals surface area contributed by atoms with Gasteiger partial charge in [0.2, 0.25) is 0 Å². The van der Waals surface area contributed by atoms with E-state index in [9.17, 15) is 18.4 Å². The van der Waals surface area contributed by atoms with Crippen LogP contribution in [-0.4, -0.2) is 34.4 Å². The number of carbonyl (C=O) groups is 2. The van der Waals surface area contributed by atoms with E-state index < -0.39 is 29.8 Å². The Hall–Kier alpha value is -3.03. The van der Waals surface area contributed by atoms with Crippen LogP contribution in [0.25, 0.3) is 0 Å². The number of aryl methyl sites for hydroxylation is 1. The second kappa shape index (κ2) is 7.92. The summed E-state index contributed by atoms with van der Waals surface area (Å²) in [6.45, 7) is 3.77. The minimum atomic E-state index is -1.36. The van der Waals surface area contributed by atoms with Gasteiger partial charge in [0.05, 0.1) is 17.9 Å². The Labute approximate surface area is 161 Å². The maximum absolute atomic E-state index is 14.8. The second-order valence-corrected chi connectivity index (χ2v) is 7.19. The lowest BCUT2D eigenvalue weighted by atomic mass is 9.88. The Morgan fingerprint density at radius 3 is 2.61 bits per heavy atom. The Morgan fingerprint density at radius 2 is 1.96 bits per heavy atom. The molecule has 8 heteroatoms. The number of halogens is 2. The number of nitrogens with one attached hydrogen (secondary N) is 1. The third-order valence-corrected chi connectivity index (χ3v) is 4.86. The van der Waals surface area contributed by atoms with Crippen LogP contribution in [0.3, 0.4) is 0 Å². The molecular formula is C20H22F2N4O2. The zero-order valence-corrected chi connectivity index (χ0v) is 15.7. The molecule has 1 fully saturated rings. The van der Waals surface area contributed by atoms with Gasteiger partial charge in [-0.3, -0.25) is 9.59 Å². The maximum Gasteiger partial charge on any atom is 0.313 e. The van der Waals surface area contributed by atoms with Crippen molar-refractivity contribution >= 4 is 23.3 Å². The van der Waals surface area contributed by atoms with Crippen molar-refractivity contribution in [3.05, 3.63) is 53.5 Å². The number of carbonyl (C=O) groups excluding carboxylic acids is 2. The lowest BCUT2D eigenvalue weighted by Gasteiger charge is -2.40. The highest BCUT2D eigenvalue weighted by atomic mass is 19.1. The largest absolute Gasteiger partial charge is 0.383 e. The van der Waals surface area contributed by atoms with Gasteiger partial charge >= 0.3 is 11.8 Å². The van der Waals surface area contributed by atoms with Crippen molar-refractivity contribution in [2.24, 2.45) is 5.92 Å². The number of anilines is 2. The Morgan fingerprint density at radius 1 is 1.29 bits per heavy atom. The van der Waals surface area contributed by atoms with Gasteiger partial charge in [-0.05, 0) is 48.6 Å². The van der Waals surface area contributed by atoms with Crippen LogP contribution in [0.5, 0.6) is 0 Å². The van der Waals surface area contributed by atoms with Crippen molar-refractivity contribution in [1.29, 1.82) is 0 Å². The number of hydrogen-bond acceptors (Lipinski definition) is 4. The molecule has 1 saturated heterocycles. The number of rotatable bonds is 2. The number of amides is 2. The van der Waals surface area contributed by atoms with E-state index in [0.29, 0.717) is 22.6 Å². The zero-order valence-electron chi connectivity index (χ0n) is 15.7. The van der Waals surface area contributed by atoms with Crippen LogP contribution >= 0.6 is 0 Å². The van der Waals surface area contributed by atoms with Gasteiger partial charge in [0.15, 0.2) is 0 Å². The monoisotopic (exact) mass is 388 g/mol. The fourth-order valence-corrected chi connectivity index (χ4v) is 3.46. The Kier molecular flexibility index (Phi) is 5.58. The van der Waals surface area contributed by atoms with Gasteiger partial charge in [0.25, 0.3) is 0 Å². The summed E-state index contributed by atoms with van der Waals surface area (Å²) in [6, 6.07) is 5.96. The van der Waals surface area contributed by atoms with Crippen LogP contribution < -0.4 is 11.1 Å². The fourth-order valence-electron chi connectivity index (χ4n) is 3.46. The lowest BCUT2D eigenvalue weighted by Crippen LogP contribution is -2.50. The third-order valence-electron chi connectivity index (χ3n) is 4.86. The number of alkyl halides is 1. The van der Waals surface area contributed by atoms with E-state index in [-0.39, 0.29) is 18.9 Å². The minimum absolute atomic E-state index is 0.108. The van der Waals surface area contributed by atoms with Gasteiger partial charge in [0.1, 0.15) is 17.8 Å². The van der Waals surface area contributed by atoms with Crippen LogP contribution in [0.2, 0.25) is 0 Å². The number of nitrogen functional groups attached to an aromatic ring is 1. The van der Waals surface area contributed by atoms with E-state index in [0.717, 1.165) is 0 Å². The summed E-state index contributed by atoms with van der Waals surface area (Å²) in [6.07, 6.45) is 0.252. The lowest BCUT2D eigenvalue weighted by molar-refractivity contribution is -0.148. The molecule has 1 aliphatic heterocycles. The molecule has 3 N–H and O–H groups in total. The average Bonchev–Trinajstić information content (AvgIpc) is 2.64. The third kappa shape index (κ3) is 4.11. The van der Waals surface area contributed by atoms with Crippen molar-refractivity contribution in [1.82, 2.24) is 9.88 Å². The first kappa shape index (κ1) is 19.7. The van der Waals surface area contributed by atoms with E-state index in [1.54, 1.807) is 13.0 Å². The summed E-state index contributed by atoms with van der Waals surface area (Å²) in [7, 11) is 0. The highest BCUT2D eigenvalue weighted by Gasteiger charge is 2.40. The van der Waals surface area contributed by atoms with Gasteiger partial charge in [-0.2, -0.15) is 0 Å². The topological polar surface area (TPSA) is 88.3 Å².